The van der Waals surface area contributed by atoms with E-state index in [1.54, 1.807) is 29.9 Å². The zero-order chi connectivity index (χ0) is 19.5. The number of hydrogen-bond acceptors (Lipinski definition) is 2. The number of carbonyl (C=O) groups excluding carboxylic acids is 1. The van der Waals surface area contributed by atoms with Crippen LogP contribution in [0.5, 0.6) is 0 Å². The Kier molecular flexibility index (Phi) is 4.93. The Hall–Kier alpha value is -3.41. The van der Waals surface area contributed by atoms with Crippen molar-refractivity contribution in [3.8, 4) is 11.3 Å². The number of benzene rings is 2. The van der Waals surface area contributed by atoms with E-state index in [1.165, 1.54) is 23.0 Å². The van der Waals surface area contributed by atoms with Gasteiger partial charge in [-0.05, 0) is 54.3 Å². The molecule has 0 aliphatic rings. The molecule has 4 rings (SSSR count). The lowest BCUT2D eigenvalue weighted by Gasteiger charge is -2.07. The van der Waals surface area contributed by atoms with Crippen molar-refractivity contribution >= 4 is 16.8 Å². The van der Waals surface area contributed by atoms with Gasteiger partial charge in [0, 0.05) is 37.4 Å². The molecule has 28 heavy (non-hydrogen) atoms. The Labute approximate surface area is 162 Å². The van der Waals surface area contributed by atoms with Gasteiger partial charge >= 0.3 is 0 Å². The van der Waals surface area contributed by atoms with Crippen LogP contribution in [0.25, 0.3) is 22.2 Å². The van der Waals surface area contributed by atoms with Crippen molar-refractivity contribution in [1.29, 1.82) is 0 Å². The number of para-hydroxylation sites is 1. The SMILES string of the molecule is Cn1nc(-c2ccc(F)cc2)cc1C(=O)NCCCn1ccc2ccccc21. The van der Waals surface area contributed by atoms with Gasteiger partial charge < -0.3 is 9.88 Å². The average Bonchev–Trinajstić information content (AvgIpc) is 3.29. The summed E-state index contributed by atoms with van der Waals surface area (Å²) >= 11 is 0. The fourth-order valence-corrected chi connectivity index (χ4v) is 3.32. The predicted octanol–water partition coefficient (Wildman–Crippen LogP) is 4.00. The van der Waals surface area contributed by atoms with Gasteiger partial charge in [0.15, 0.2) is 0 Å². The highest BCUT2D eigenvalue weighted by Crippen LogP contribution is 2.19. The van der Waals surface area contributed by atoms with Crippen LogP contribution in [0.3, 0.4) is 0 Å². The van der Waals surface area contributed by atoms with E-state index >= 15 is 0 Å². The van der Waals surface area contributed by atoms with Crippen molar-refractivity contribution in [3.63, 3.8) is 0 Å². The van der Waals surface area contributed by atoms with Gasteiger partial charge in [-0.2, -0.15) is 5.10 Å². The van der Waals surface area contributed by atoms with Gasteiger partial charge in [0.25, 0.3) is 5.91 Å². The topological polar surface area (TPSA) is 51.9 Å². The zero-order valence-corrected chi connectivity index (χ0v) is 15.6. The molecule has 0 saturated heterocycles. The number of hydrogen-bond donors (Lipinski definition) is 1. The van der Waals surface area contributed by atoms with E-state index < -0.39 is 0 Å². The summed E-state index contributed by atoms with van der Waals surface area (Å²) in [5, 5.41) is 8.53. The third-order valence-electron chi connectivity index (χ3n) is 4.79. The minimum absolute atomic E-state index is 0.166. The maximum atomic E-state index is 13.1. The molecule has 0 aliphatic heterocycles. The number of nitrogens with one attached hydrogen (secondary N) is 1. The van der Waals surface area contributed by atoms with Crippen molar-refractivity contribution < 1.29 is 9.18 Å². The Morgan fingerprint density at radius 1 is 1.11 bits per heavy atom. The van der Waals surface area contributed by atoms with Crippen LogP contribution in [-0.2, 0) is 13.6 Å². The number of nitrogens with zero attached hydrogens (tertiary/aromatic N) is 3. The second kappa shape index (κ2) is 7.68. The first kappa shape index (κ1) is 18.0. The quantitative estimate of drug-likeness (QED) is 0.517. The Morgan fingerprint density at radius 3 is 2.71 bits per heavy atom. The molecule has 0 aliphatic carbocycles. The summed E-state index contributed by atoms with van der Waals surface area (Å²) < 4.78 is 16.8. The van der Waals surface area contributed by atoms with Gasteiger partial charge in [-0.15, -0.1) is 0 Å². The highest BCUT2D eigenvalue weighted by Gasteiger charge is 2.14. The third-order valence-corrected chi connectivity index (χ3v) is 4.79. The van der Waals surface area contributed by atoms with Crippen molar-refractivity contribution in [3.05, 3.63) is 78.4 Å². The summed E-state index contributed by atoms with van der Waals surface area (Å²) in [7, 11) is 1.73. The Balaban J connectivity index is 1.35. The van der Waals surface area contributed by atoms with Crippen LogP contribution in [0.4, 0.5) is 4.39 Å². The zero-order valence-electron chi connectivity index (χ0n) is 15.6. The molecule has 0 radical (unpaired) electrons. The molecule has 2 aromatic carbocycles. The number of aryl methyl sites for hydroxylation is 2. The molecule has 2 heterocycles. The highest BCUT2D eigenvalue weighted by molar-refractivity contribution is 5.93. The minimum atomic E-state index is -0.298. The molecular weight excluding hydrogens is 355 g/mol. The number of rotatable bonds is 6. The first-order valence-corrected chi connectivity index (χ1v) is 9.24. The van der Waals surface area contributed by atoms with E-state index in [1.807, 2.05) is 12.1 Å². The monoisotopic (exact) mass is 376 g/mol. The van der Waals surface area contributed by atoms with Gasteiger partial charge in [-0.25, -0.2) is 4.39 Å². The van der Waals surface area contributed by atoms with Crippen molar-refractivity contribution in [2.24, 2.45) is 7.05 Å². The van der Waals surface area contributed by atoms with Gasteiger partial charge in [0.05, 0.1) is 5.69 Å². The third kappa shape index (κ3) is 3.67. The molecule has 2 aromatic heterocycles. The molecule has 4 aromatic rings. The second-order valence-corrected chi connectivity index (χ2v) is 6.72. The van der Waals surface area contributed by atoms with Crippen LogP contribution in [0.1, 0.15) is 16.9 Å². The number of halogens is 1. The minimum Gasteiger partial charge on any atom is -0.351 e. The van der Waals surface area contributed by atoms with Gasteiger partial charge in [0.2, 0.25) is 0 Å². The van der Waals surface area contributed by atoms with Crippen LogP contribution in [0.2, 0.25) is 0 Å². The van der Waals surface area contributed by atoms with E-state index in [4.69, 9.17) is 0 Å². The number of fused-ring (bicyclic) bond motifs is 1. The maximum Gasteiger partial charge on any atom is 0.269 e. The summed E-state index contributed by atoms with van der Waals surface area (Å²) in [4.78, 5) is 12.5. The Bertz CT molecular complexity index is 1110. The summed E-state index contributed by atoms with van der Waals surface area (Å²) in [6.45, 7) is 1.41. The molecule has 0 spiro atoms. The van der Waals surface area contributed by atoms with E-state index in [2.05, 4.69) is 39.4 Å². The molecule has 142 valence electrons. The second-order valence-electron chi connectivity index (χ2n) is 6.72. The summed E-state index contributed by atoms with van der Waals surface area (Å²) in [6, 6.07) is 18.1. The molecule has 0 atom stereocenters. The number of aromatic nitrogens is 3. The molecule has 1 N–H and O–H groups in total. The van der Waals surface area contributed by atoms with Gasteiger partial charge in [0.1, 0.15) is 11.5 Å². The van der Waals surface area contributed by atoms with E-state index in [-0.39, 0.29) is 11.7 Å². The van der Waals surface area contributed by atoms with Crippen molar-refractivity contribution in [1.82, 2.24) is 19.7 Å². The Morgan fingerprint density at radius 2 is 1.89 bits per heavy atom. The largest absolute Gasteiger partial charge is 0.351 e. The first-order valence-electron chi connectivity index (χ1n) is 9.24. The van der Waals surface area contributed by atoms with Gasteiger partial charge in [-0.1, -0.05) is 18.2 Å². The van der Waals surface area contributed by atoms with Crippen LogP contribution >= 0.6 is 0 Å². The lowest BCUT2D eigenvalue weighted by molar-refractivity contribution is 0.0943. The van der Waals surface area contributed by atoms with Crippen LogP contribution in [0, 0.1) is 5.82 Å². The van der Waals surface area contributed by atoms with Crippen molar-refractivity contribution in [2.45, 2.75) is 13.0 Å². The lowest BCUT2D eigenvalue weighted by Crippen LogP contribution is -2.27. The van der Waals surface area contributed by atoms with Crippen molar-refractivity contribution in [2.75, 3.05) is 6.54 Å². The smallest absolute Gasteiger partial charge is 0.269 e. The fourth-order valence-electron chi connectivity index (χ4n) is 3.32. The predicted molar refractivity (Wildman–Crippen MR) is 107 cm³/mol. The summed E-state index contributed by atoms with van der Waals surface area (Å²) in [5.74, 6) is -0.464. The number of amides is 1. The molecule has 5 nitrogen and oxygen atoms in total. The first-order chi connectivity index (χ1) is 13.6. The van der Waals surface area contributed by atoms with Crippen LogP contribution in [0.15, 0.2) is 66.9 Å². The summed E-state index contributed by atoms with van der Waals surface area (Å²) in [6.07, 6.45) is 2.90. The van der Waals surface area contributed by atoms with Crippen LogP contribution in [-0.4, -0.2) is 26.8 Å². The summed E-state index contributed by atoms with van der Waals surface area (Å²) in [5.41, 5.74) is 3.09. The number of carbonyl (C=O) groups is 1. The normalized spacial score (nSPS) is 11.1. The van der Waals surface area contributed by atoms with E-state index in [0.29, 0.717) is 17.9 Å². The standard InChI is InChI=1S/C22H21FN4O/c1-26-21(15-19(25-26)16-7-9-18(23)10-8-16)22(28)24-12-4-13-27-14-11-17-5-2-3-6-20(17)27/h2-3,5-11,14-15H,4,12-13H2,1H3,(H,24,28). The van der Waals surface area contributed by atoms with Crippen LogP contribution < -0.4 is 5.32 Å². The molecular formula is C22H21FN4O. The molecule has 6 heteroatoms. The highest BCUT2D eigenvalue weighted by atomic mass is 19.1. The average molecular weight is 376 g/mol. The molecule has 0 saturated carbocycles. The maximum absolute atomic E-state index is 13.1. The molecule has 1 amide bonds. The van der Waals surface area contributed by atoms with E-state index in [9.17, 15) is 9.18 Å². The molecule has 0 bridgehead atoms. The lowest BCUT2D eigenvalue weighted by atomic mass is 10.1. The van der Waals surface area contributed by atoms with E-state index in [0.717, 1.165) is 18.5 Å². The molecule has 0 fully saturated rings. The molecule has 0 unspecified atom stereocenters. The van der Waals surface area contributed by atoms with Gasteiger partial charge in [-0.3, -0.25) is 9.48 Å². The fraction of sp³-hybridized carbons (Fsp3) is 0.182.